The van der Waals surface area contributed by atoms with Crippen LogP contribution in [0.3, 0.4) is 0 Å². The highest BCUT2D eigenvalue weighted by Crippen LogP contribution is 2.29. The van der Waals surface area contributed by atoms with Gasteiger partial charge in [0.05, 0.1) is 31.5 Å². The number of likely N-dealkylation sites (tertiary alicyclic amines) is 1. The number of hydrogen-bond acceptors (Lipinski definition) is 4. The van der Waals surface area contributed by atoms with Crippen LogP contribution < -0.4 is 10.1 Å². The molecule has 2 amide bonds. The first-order valence-electron chi connectivity index (χ1n) is 8.73. The zero-order valence-electron chi connectivity index (χ0n) is 14.4. The van der Waals surface area contributed by atoms with Crippen molar-refractivity contribution in [2.75, 3.05) is 31.7 Å². The molecule has 2 saturated heterocycles. The molecule has 1 N–H and O–H groups in total. The van der Waals surface area contributed by atoms with Gasteiger partial charge < -0.3 is 24.4 Å². The van der Waals surface area contributed by atoms with Gasteiger partial charge in [-0.2, -0.15) is 0 Å². The molecule has 2 aliphatic rings. The Kier molecular flexibility index (Phi) is 5.58. The van der Waals surface area contributed by atoms with E-state index in [2.05, 4.69) is 5.32 Å². The maximum Gasteiger partial charge on any atom is 0.322 e. The van der Waals surface area contributed by atoms with Gasteiger partial charge >= 0.3 is 6.03 Å². The van der Waals surface area contributed by atoms with Crippen LogP contribution in [-0.4, -0.2) is 49.6 Å². The van der Waals surface area contributed by atoms with E-state index >= 15 is 0 Å². The van der Waals surface area contributed by atoms with Crippen molar-refractivity contribution in [1.82, 2.24) is 4.90 Å². The summed E-state index contributed by atoms with van der Waals surface area (Å²) in [6.45, 7) is 6.41. The predicted octanol–water partition coefficient (Wildman–Crippen LogP) is 3.15. The maximum absolute atomic E-state index is 12.8. The summed E-state index contributed by atoms with van der Waals surface area (Å²) in [5.41, 5.74) is 1.80. The van der Waals surface area contributed by atoms with Crippen molar-refractivity contribution in [1.29, 1.82) is 0 Å². The Morgan fingerprint density at radius 2 is 2.12 bits per heavy atom. The fourth-order valence-corrected chi connectivity index (χ4v) is 3.29. The van der Waals surface area contributed by atoms with Crippen LogP contribution in [0.4, 0.5) is 10.5 Å². The Balaban J connectivity index is 1.73. The van der Waals surface area contributed by atoms with Crippen molar-refractivity contribution in [3.8, 4) is 5.75 Å². The Labute approximate surface area is 143 Å². The molecule has 0 radical (unpaired) electrons. The van der Waals surface area contributed by atoms with Gasteiger partial charge in [-0.15, -0.1) is 0 Å². The van der Waals surface area contributed by atoms with E-state index in [-0.39, 0.29) is 18.4 Å². The van der Waals surface area contributed by atoms with Crippen molar-refractivity contribution in [2.45, 2.75) is 45.4 Å². The van der Waals surface area contributed by atoms with Gasteiger partial charge in [0, 0.05) is 6.54 Å². The lowest BCUT2D eigenvalue weighted by Gasteiger charge is -2.37. The molecule has 24 heavy (non-hydrogen) atoms. The minimum absolute atomic E-state index is 0.0257. The summed E-state index contributed by atoms with van der Waals surface area (Å²) >= 11 is 0. The molecule has 2 fully saturated rings. The molecule has 6 heteroatoms. The molecule has 0 aliphatic carbocycles. The third-order valence-electron chi connectivity index (χ3n) is 4.45. The van der Waals surface area contributed by atoms with Gasteiger partial charge in [0.2, 0.25) is 0 Å². The summed E-state index contributed by atoms with van der Waals surface area (Å²) in [4.78, 5) is 14.7. The zero-order valence-corrected chi connectivity index (χ0v) is 14.4. The van der Waals surface area contributed by atoms with Gasteiger partial charge in [-0.05, 0) is 50.8 Å². The van der Waals surface area contributed by atoms with Crippen LogP contribution in [-0.2, 0) is 9.47 Å². The normalized spacial score (nSPS) is 21.8. The van der Waals surface area contributed by atoms with Crippen molar-refractivity contribution in [3.63, 3.8) is 0 Å². The number of carbonyl (C=O) groups excluding carboxylic acids is 1. The molecule has 0 bridgehead atoms. The lowest BCUT2D eigenvalue weighted by atomic mass is 10.0. The topological polar surface area (TPSA) is 60.0 Å². The van der Waals surface area contributed by atoms with Crippen molar-refractivity contribution in [3.05, 3.63) is 23.8 Å². The summed E-state index contributed by atoms with van der Waals surface area (Å²) < 4.78 is 16.9. The highest BCUT2D eigenvalue weighted by molar-refractivity contribution is 5.91. The minimum atomic E-state index is -0.305. The third kappa shape index (κ3) is 3.82. The van der Waals surface area contributed by atoms with E-state index in [0.717, 1.165) is 31.4 Å². The second-order valence-electron chi connectivity index (χ2n) is 6.23. The van der Waals surface area contributed by atoms with Crippen LogP contribution in [0.5, 0.6) is 5.75 Å². The molecular weight excluding hydrogens is 308 g/mol. The number of anilines is 1. The van der Waals surface area contributed by atoms with E-state index in [9.17, 15) is 4.79 Å². The number of benzene rings is 1. The summed E-state index contributed by atoms with van der Waals surface area (Å²) in [6.07, 6.45) is 2.69. The molecule has 1 aromatic rings. The van der Waals surface area contributed by atoms with Gasteiger partial charge in [0.15, 0.2) is 6.29 Å². The molecule has 2 aliphatic heterocycles. The molecular formula is C18H26N2O4. The molecule has 0 saturated carbocycles. The van der Waals surface area contributed by atoms with E-state index in [0.29, 0.717) is 31.3 Å². The number of aryl methyl sites for hydroxylation is 1. The van der Waals surface area contributed by atoms with Gasteiger partial charge in [-0.3, -0.25) is 0 Å². The average molecular weight is 334 g/mol. The summed E-state index contributed by atoms with van der Waals surface area (Å²) in [6, 6.07) is 5.65. The van der Waals surface area contributed by atoms with E-state index < -0.39 is 0 Å². The standard InChI is InChI=1S/C18H26N2O4/c1-3-22-16-12-13(2)7-8-14(16)19-18(21)20-9-5-4-6-15(20)17-23-10-11-24-17/h7-8,12,15,17H,3-6,9-11H2,1-2H3,(H,19,21)/t15-/m1/s1. The highest BCUT2D eigenvalue weighted by Gasteiger charge is 2.36. The molecule has 0 spiro atoms. The molecule has 1 aromatic carbocycles. The zero-order chi connectivity index (χ0) is 16.9. The monoisotopic (exact) mass is 334 g/mol. The van der Waals surface area contributed by atoms with Crippen LogP contribution in [0, 0.1) is 6.92 Å². The van der Waals surface area contributed by atoms with Crippen LogP contribution in [0.15, 0.2) is 18.2 Å². The number of hydrogen-bond donors (Lipinski definition) is 1. The number of nitrogens with zero attached hydrogens (tertiary/aromatic N) is 1. The molecule has 0 unspecified atom stereocenters. The van der Waals surface area contributed by atoms with Crippen molar-refractivity contribution >= 4 is 11.7 Å². The fraction of sp³-hybridized carbons (Fsp3) is 0.611. The Bertz CT molecular complexity index is 572. The SMILES string of the molecule is CCOc1cc(C)ccc1NC(=O)N1CCCC[C@@H]1C1OCCO1. The molecule has 3 rings (SSSR count). The number of nitrogens with one attached hydrogen (secondary N) is 1. The first kappa shape index (κ1) is 17.0. The Morgan fingerprint density at radius 3 is 2.88 bits per heavy atom. The smallest absolute Gasteiger partial charge is 0.322 e. The Hall–Kier alpha value is -1.79. The van der Waals surface area contributed by atoms with E-state index in [4.69, 9.17) is 14.2 Å². The molecule has 6 nitrogen and oxygen atoms in total. The number of amides is 2. The van der Waals surface area contributed by atoms with E-state index in [1.165, 1.54) is 0 Å². The summed E-state index contributed by atoms with van der Waals surface area (Å²) in [5, 5.41) is 3.00. The lowest BCUT2D eigenvalue weighted by molar-refractivity contribution is -0.0973. The second kappa shape index (κ2) is 7.85. The second-order valence-corrected chi connectivity index (χ2v) is 6.23. The molecule has 1 atom stereocenters. The first-order valence-corrected chi connectivity index (χ1v) is 8.73. The number of ether oxygens (including phenoxy) is 3. The summed E-state index contributed by atoms with van der Waals surface area (Å²) in [5.74, 6) is 0.702. The van der Waals surface area contributed by atoms with E-state index in [1.54, 1.807) is 0 Å². The first-order chi connectivity index (χ1) is 11.7. The predicted molar refractivity (Wildman–Crippen MR) is 91.4 cm³/mol. The molecule has 2 heterocycles. The van der Waals surface area contributed by atoms with Gasteiger partial charge in [0.1, 0.15) is 5.75 Å². The largest absolute Gasteiger partial charge is 0.492 e. The van der Waals surface area contributed by atoms with Gasteiger partial charge in [-0.1, -0.05) is 6.07 Å². The average Bonchev–Trinajstić information content (AvgIpc) is 3.12. The van der Waals surface area contributed by atoms with Crippen LogP contribution in [0.2, 0.25) is 0 Å². The summed E-state index contributed by atoms with van der Waals surface area (Å²) in [7, 11) is 0. The number of piperidine rings is 1. The van der Waals surface area contributed by atoms with Crippen LogP contribution in [0.25, 0.3) is 0 Å². The van der Waals surface area contributed by atoms with Crippen LogP contribution >= 0.6 is 0 Å². The minimum Gasteiger partial charge on any atom is -0.492 e. The molecule has 0 aromatic heterocycles. The maximum atomic E-state index is 12.8. The quantitative estimate of drug-likeness (QED) is 0.919. The number of rotatable bonds is 4. The number of carbonyl (C=O) groups is 1. The van der Waals surface area contributed by atoms with Gasteiger partial charge in [0.25, 0.3) is 0 Å². The van der Waals surface area contributed by atoms with Crippen molar-refractivity contribution < 1.29 is 19.0 Å². The van der Waals surface area contributed by atoms with Crippen molar-refractivity contribution in [2.24, 2.45) is 0 Å². The fourth-order valence-electron chi connectivity index (χ4n) is 3.29. The van der Waals surface area contributed by atoms with E-state index in [1.807, 2.05) is 36.9 Å². The lowest BCUT2D eigenvalue weighted by Crippen LogP contribution is -2.51. The Morgan fingerprint density at radius 1 is 1.33 bits per heavy atom. The number of urea groups is 1. The third-order valence-corrected chi connectivity index (χ3v) is 4.45. The molecule has 132 valence electrons. The van der Waals surface area contributed by atoms with Gasteiger partial charge in [-0.25, -0.2) is 4.79 Å². The van der Waals surface area contributed by atoms with Crippen LogP contribution in [0.1, 0.15) is 31.7 Å². The highest BCUT2D eigenvalue weighted by atomic mass is 16.7.